The molecule has 21 heavy (non-hydrogen) atoms. The number of aromatic nitrogens is 1. The third kappa shape index (κ3) is 3.09. The van der Waals surface area contributed by atoms with Crippen LogP contribution in [0.4, 0.5) is 0 Å². The molecule has 0 aliphatic carbocycles. The monoisotopic (exact) mass is 399 g/mol. The Morgan fingerprint density at radius 2 is 1.95 bits per heavy atom. The van der Waals surface area contributed by atoms with Crippen LogP contribution in [0.2, 0.25) is 10.0 Å². The van der Waals surface area contributed by atoms with Gasteiger partial charge in [0, 0.05) is 20.1 Å². The number of halogens is 3. The van der Waals surface area contributed by atoms with Gasteiger partial charge in [-0.25, -0.2) is 4.98 Å². The lowest BCUT2D eigenvalue weighted by Crippen LogP contribution is -1.86. The molecule has 0 unspecified atom stereocenters. The number of thiophene rings is 1. The number of pyridine rings is 1. The number of rotatable bonds is 2. The lowest BCUT2D eigenvalue weighted by molar-refractivity contribution is 0.480. The Balaban J connectivity index is 2.05. The van der Waals surface area contributed by atoms with Gasteiger partial charge in [-0.3, -0.25) is 0 Å². The predicted molar refractivity (Wildman–Crippen MR) is 94.4 cm³/mol. The standard InChI is InChI=1S/C15H8BrCl2NOS/c16-8-5-10(21-7-8)3-1-9-2-4-11-12(17)6-13(18)15(20)14(11)19-9/h1-7,20H/b3-1+. The molecule has 106 valence electrons. The number of hydrogen-bond donors (Lipinski definition) is 1. The van der Waals surface area contributed by atoms with E-state index in [0.29, 0.717) is 15.9 Å². The van der Waals surface area contributed by atoms with Gasteiger partial charge in [-0.2, -0.15) is 0 Å². The largest absolute Gasteiger partial charge is 0.504 e. The van der Waals surface area contributed by atoms with Crippen molar-refractivity contribution in [3.05, 3.63) is 54.7 Å². The molecule has 0 fully saturated rings. The average Bonchev–Trinajstić information content (AvgIpc) is 2.88. The minimum absolute atomic E-state index is 0.0508. The summed E-state index contributed by atoms with van der Waals surface area (Å²) in [5.74, 6) is -0.0508. The summed E-state index contributed by atoms with van der Waals surface area (Å²) in [5, 5.41) is 13.4. The van der Waals surface area contributed by atoms with Crippen LogP contribution in [-0.2, 0) is 0 Å². The second kappa shape index (κ2) is 5.97. The minimum atomic E-state index is -0.0508. The van der Waals surface area contributed by atoms with Crippen LogP contribution in [0.15, 0.2) is 34.1 Å². The fourth-order valence-electron chi connectivity index (χ4n) is 1.89. The Hall–Kier alpha value is -1.07. The van der Waals surface area contributed by atoms with E-state index in [1.807, 2.05) is 35.7 Å². The van der Waals surface area contributed by atoms with Gasteiger partial charge in [0.15, 0.2) is 5.75 Å². The fraction of sp³-hybridized carbons (Fsp3) is 0. The van der Waals surface area contributed by atoms with Crippen LogP contribution in [0.25, 0.3) is 23.1 Å². The summed E-state index contributed by atoms with van der Waals surface area (Å²) in [6.07, 6.45) is 3.85. The summed E-state index contributed by atoms with van der Waals surface area (Å²) < 4.78 is 1.05. The van der Waals surface area contributed by atoms with Gasteiger partial charge in [-0.1, -0.05) is 23.2 Å². The summed E-state index contributed by atoms with van der Waals surface area (Å²) in [6, 6.07) is 7.21. The van der Waals surface area contributed by atoms with E-state index in [0.717, 1.165) is 15.0 Å². The maximum atomic E-state index is 10.0. The predicted octanol–water partition coefficient (Wildman–Crippen LogP) is 6.24. The van der Waals surface area contributed by atoms with Gasteiger partial charge in [0.25, 0.3) is 0 Å². The van der Waals surface area contributed by atoms with Gasteiger partial charge < -0.3 is 5.11 Å². The van der Waals surface area contributed by atoms with Crippen molar-refractivity contribution in [1.29, 1.82) is 0 Å². The molecule has 2 nitrogen and oxygen atoms in total. The molecule has 2 aromatic heterocycles. The van der Waals surface area contributed by atoms with Crippen molar-refractivity contribution >= 4 is 73.5 Å². The Labute approximate surface area is 143 Å². The molecule has 0 aliphatic rings. The van der Waals surface area contributed by atoms with Crippen LogP contribution in [-0.4, -0.2) is 10.1 Å². The molecule has 1 aromatic carbocycles. The van der Waals surface area contributed by atoms with E-state index in [-0.39, 0.29) is 10.8 Å². The highest BCUT2D eigenvalue weighted by Crippen LogP contribution is 2.36. The van der Waals surface area contributed by atoms with Crippen molar-refractivity contribution in [3.63, 3.8) is 0 Å². The molecule has 0 aliphatic heterocycles. The molecule has 0 amide bonds. The Bertz CT molecular complexity index is 860. The van der Waals surface area contributed by atoms with Crippen molar-refractivity contribution in [2.24, 2.45) is 0 Å². The zero-order valence-electron chi connectivity index (χ0n) is 10.5. The smallest absolute Gasteiger partial charge is 0.160 e. The number of fused-ring (bicyclic) bond motifs is 1. The van der Waals surface area contributed by atoms with E-state index in [1.165, 1.54) is 6.07 Å². The highest BCUT2D eigenvalue weighted by molar-refractivity contribution is 9.10. The van der Waals surface area contributed by atoms with Crippen molar-refractivity contribution in [2.45, 2.75) is 0 Å². The lowest BCUT2D eigenvalue weighted by Gasteiger charge is -2.05. The van der Waals surface area contributed by atoms with Crippen LogP contribution in [0, 0.1) is 0 Å². The fourth-order valence-corrected chi connectivity index (χ4v) is 3.75. The van der Waals surface area contributed by atoms with Crippen LogP contribution in [0.5, 0.6) is 5.75 Å². The molecule has 0 saturated heterocycles. The van der Waals surface area contributed by atoms with Crippen molar-refractivity contribution < 1.29 is 5.11 Å². The molecule has 0 atom stereocenters. The Morgan fingerprint density at radius 3 is 2.67 bits per heavy atom. The number of phenols is 1. The van der Waals surface area contributed by atoms with Gasteiger partial charge in [0.05, 0.1) is 15.7 Å². The lowest BCUT2D eigenvalue weighted by atomic mass is 10.2. The average molecular weight is 401 g/mol. The molecule has 0 saturated carbocycles. The van der Waals surface area contributed by atoms with E-state index in [2.05, 4.69) is 20.9 Å². The van der Waals surface area contributed by atoms with Crippen LogP contribution >= 0.6 is 50.5 Å². The molecule has 0 bridgehead atoms. The van der Waals surface area contributed by atoms with Gasteiger partial charge in [0.2, 0.25) is 0 Å². The summed E-state index contributed by atoms with van der Waals surface area (Å²) in [5.41, 5.74) is 1.13. The Morgan fingerprint density at radius 1 is 1.14 bits per heavy atom. The second-order valence-electron chi connectivity index (χ2n) is 4.32. The van der Waals surface area contributed by atoms with Crippen molar-refractivity contribution in [1.82, 2.24) is 4.98 Å². The van der Waals surface area contributed by atoms with Gasteiger partial charge in [-0.15, -0.1) is 11.3 Å². The van der Waals surface area contributed by atoms with Gasteiger partial charge in [0.1, 0.15) is 5.52 Å². The molecule has 3 rings (SSSR count). The third-order valence-corrected chi connectivity index (χ3v) is 5.14. The number of benzene rings is 1. The van der Waals surface area contributed by atoms with Crippen LogP contribution in [0.3, 0.4) is 0 Å². The van der Waals surface area contributed by atoms with Crippen LogP contribution in [0.1, 0.15) is 10.6 Å². The Kier molecular flexibility index (Phi) is 4.22. The zero-order chi connectivity index (χ0) is 15.0. The molecule has 2 heterocycles. The zero-order valence-corrected chi connectivity index (χ0v) is 14.4. The molecule has 0 radical (unpaired) electrons. The number of phenolic OH excluding ortho intramolecular Hbond substituents is 1. The summed E-state index contributed by atoms with van der Waals surface area (Å²) >= 11 is 17.1. The normalized spacial score (nSPS) is 11.6. The molecule has 1 N–H and O–H groups in total. The topological polar surface area (TPSA) is 33.1 Å². The SMILES string of the molecule is Oc1c(Cl)cc(Cl)c2ccc(/C=C/c3cc(Br)cs3)nc12. The number of hydrogen-bond acceptors (Lipinski definition) is 3. The van der Waals surface area contributed by atoms with E-state index in [9.17, 15) is 5.11 Å². The van der Waals surface area contributed by atoms with Gasteiger partial charge >= 0.3 is 0 Å². The van der Waals surface area contributed by atoms with Crippen LogP contribution < -0.4 is 0 Å². The van der Waals surface area contributed by atoms with Crippen molar-refractivity contribution in [3.8, 4) is 5.75 Å². The maximum absolute atomic E-state index is 10.0. The van der Waals surface area contributed by atoms with Crippen molar-refractivity contribution in [2.75, 3.05) is 0 Å². The van der Waals surface area contributed by atoms with E-state index < -0.39 is 0 Å². The third-order valence-electron chi connectivity index (χ3n) is 2.88. The summed E-state index contributed by atoms with van der Waals surface area (Å²) in [7, 11) is 0. The van der Waals surface area contributed by atoms with Gasteiger partial charge in [-0.05, 0) is 52.3 Å². The molecule has 3 aromatic rings. The highest BCUT2D eigenvalue weighted by Gasteiger charge is 2.10. The first-order valence-electron chi connectivity index (χ1n) is 5.94. The first-order chi connectivity index (χ1) is 10.0. The molecular formula is C15H8BrCl2NOS. The highest BCUT2D eigenvalue weighted by atomic mass is 79.9. The first kappa shape index (κ1) is 14.9. The van der Waals surface area contributed by atoms with E-state index in [1.54, 1.807) is 11.3 Å². The molecule has 0 spiro atoms. The summed E-state index contributed by atoms with van der Waals surface area (Å²) in [4.78, 5) is 5.51. The maximum Gasteiger partial charge on any atom is 0.160 e. The van der Waals surface area contributed by atoms with E-state index in [4.69, 9.17) is 23.2 Å². The van der Waals surface area contributed by atoms with E-state index >= 15 is 0 Å². The first-order valence-corrected chi connectivity index (χ1v) is 8.37. The quantitative estimate of drug-likeness (QED) is 0.552. The number of aromatic hydroxyl groups is 1. The number of nitrogens with zero attached hydrogens (tertiary/aromatic N) is 1. The second-order valence-corrected chi connectivity index (χ2v) is 6.99. The minimum Gasteiger partial charge on any atom is -0.504 e. The molecule has 6 heteroatoms. The summed E-state index contributed by atoms with van der Waals surface area (Å²) in [6.45, 7) is 0. The molecular weight excluding hydrogens is 393 g/mol.